The zero-order valence-corrected chi connectivity index (χ0v) is 4.14. The first-order valence-electron chi connectivity index (χ1n) is 1.62. The Morgan fingerprint density at radius 2 is 2.00 bits per heavy atom. The third kappa shape index (κ3) is 2.45. The molecule has 3 heteroatoms. The van der Waals surface area contributed by atoms with Crippen molar-refractivity contribution < 1.29 is 10.2 Å². The highest BCUT2D eigenvalue weighted by atomic mass is 35.5. The second-order valence-corrected chi connectivity index (χ2v) is 1.52. The fraction of sp³-hybridized carbons (Fsp3) is 1.00. The molecule has 0 saturated carbocycles. The van der Waals surface area contributed by atoms with Gasteiger partial charge < -0.3 is 5.11 Å². The van der Waals surface area contributed by atoms with Gasteiger partial charge in [-0.25, -0.2) is 5.11 Å². The Morgan fingerprint density at radius 3 is 2.00 bits per heavy atom. The molecule has 2 unspecified atom stereocenters. The molecule has 2 nitrogen and oxygen atoms in total. The molecule has 0 aromatic carbocycles. The lowest BCUT2D eigenvalue weighted by Crippen LogP contribution is -2.13. The van der Waals surface area contributed by atoms with Gasteiger partial charge in [-0.1, -0.05) is 11.6 Å². The molecular formula is C3H6ClO2. The molecule has 37 valence electrons. The largest absolute Gasteiger partial charge is 0.389 e. The minimum absolute atomic E-state index is 0.938. The van der Waals surface area contributed by atoms with Crippen LogP contribution < -0.4 is 0 Å². The topological polar surface area (TPSA) is 40.1 Å². The van der Waals surface area contributed by atoms with Crippen LogP contribution in [-0.4, -0.2) is 16.8 Å². The van der Waals surface area contributed by atoms with Crippen LogP contribution in [0, 0.1) is 0 Å². The SMILES string of the molecule is CC(O)C([O])Cl. The number of aliphatic hydroxyl groups excluding tert-OH is 1. The summed E-state index contributed by atoms with van der Waals surface area (Å²) >= 11 is 4.81. The number of rotatable bonds is 1. The lowest BCUT2D eigenvalue weighted by atomic mass is 10.4. The molecule has 0 aliphatic carbocycles. The molecule has 0 aliphatic heterocycles. The molecular weight excluding hydrogens is 103 g/mol. The van der Waals surface area contributed by atoms with Crippen molar-refractivity contribution in [2.45, 2.75) is 18.6 Å². The predicted octanol–water partition coefficient (Wildman–Crippen LogP) is 0.363. The normalized spacial score (nSPS) is 20.0. The number of hydrogen-bond acceptors (Lipinski definition) is 1. The highest BCUT2D eigenvalue weighted by molar-refractivity contribution is 6.19. The van der Waals surface area contributed by atoms with Crippen LogP contribution >= 0.6 is 11.6 Å². The Hall–Kier alpha value is 0.210. The molecule has 0 aromatic heterocycles. The monoisotopic (exact) mass is 109 g/mol. The molecule has 0 heterocycles. The minimum Gasteiger partial charge on any atom is -0.389 e. The number of aliphatic hydroxyl groups is 1. The average molecular weight is 110 g/mol. The van der Waals surface area contributed by atoms with Gasteiger partial charge in [0.15, 0.2) is 5.56 Å². The van der Waals surface area contributed by atoms with Crippen molar-refractivity contribution in [3.8, 4) is 0 Å². The minimum atomic E-state index is -1.37. The average Bonchev–Trinajstić information content (AvgIpc) is 1.36. The summed E-state index contributed by atoms with van der Waals surface area (Å²) < 4.78 is 0. The molecule has 6 heavy (non-hydrogen) atoms. The molecule has 0 saturated heterocycles. The predicted molar refractivity (Wildman–Crippen MR) is 22.0 cm³/mol. The third-order valence-electron chi connectivity index (χ3n) is 0.379. The van der Waals surface area contributed by atoms with E-state index in [9.17, 15) is 5.11 Å². The molecule has 0 spiro atoms. The highest BCUT2D eigenvalue weighted by Gasteiger charge is 2.05. The van der Waals surface area contributed by atoms with Gasteiger partial charge in [-0.2, -0.15) is 0 Å². The molecule has 0 fully saturated rings. The smallest absolute Gasteiger partial charge is 0.191 e. The van der Waals surface area contributed by atoms with E-state index in [1.165, 1.54) is 6.92 Å². The van der Waals surface area contributed by atoms with Crippen molar-refractivity contribution in [2.24, 2.45) is 0 Å². The summed E-state index contributed by atoms with van der Waals surface area (Å²) in [7, 11) is 0. The van der Waals surface area contributed by atoms with Crippen LogP contribution in [0.3, 0.4) is 0 Å². The van der Waals surface area contributed by atoms with Crippen molar-refractivity contribution in [3.63, 3.8) is 0 Å². The molecule has 1 radical (unpaired) electrons. The van der Waals surface area contributed by atoms with E-state index < -0.39 is 11.7 Å². The van der Waals surface area contributed by atoms with Crippen molar-refractivity contribution in [3.05, 3.63) is 0 Å². The highest BCUT2D eigenvalue weighted by Crippen LogP contribution is 1.95. The van der Waals surface area contributed by atoms with Crippen LogP contribution in [0.4, 0.5) is 0 Å². The number of hydrogen-bond donors (Lipinski definition) is 1. The van der Waals surface area contributed by atoms with E-state index in [1.807, 2.05) is 0 Å². The van der Waals surface area contributed by atoms with E-state index in [-0.39, 0.29) is 0 Å². The molecule has 0 bridgehead atoms. The second-order valence-electron chi connectivity index (χ2n) is 1.09. The number of halogens is 1. The van der Waals surface area contributed by atoms with Crippen molar-refractivity contribution >= 4 is 11.6 Å². The standard InChI is InChI=1S/C3H6ClO2/c1-2(5)3(4)6/h2-3,5H,1H3. The fourth-order valence-corrected chi connectivity index (χ4v) is 0. The zero-order chi connectivity index (χ0) is 5.15. The van der Waals surface area contributed by atoms with Crippen LogP contribution in [-0.2, 0) is 5.11 Å². The van der Waals surface area contributed by atoms with Crippen molar-refractivity contribution in [1.29, 1.82) is 0 Å². The van der Waals surface area contributed by atoms with Gasteiger partial charge in [-0.3, -0.25) is 0 Å². The van der Waals surface area contributed by atoms with Crippen molar-refractivity contribution in [1.82, 2.24) is 0 Å². The summed E-state index contributed by atoms with van der Waals surface area (Å²) in [6.45, 7) is 1.35. The Kier molecular flexibility index (Phi) is 2.48. The molecule has 2 atom stereocenters. The quantitative estimate of drug-likeness (QED) is 0.486. The summed E-state index contributed by atoms with van der Waals surface area (Å²) in [5.41, 5.74) is -1.37. The lowest BCUT2D eigenvalue weighted by Gasteiger charge is -1.98. The summed E-state index contributed by atoms with van der Waals surface area (Å²) in [6.07, 6.45) is -0.938. The maximum absolute atomic E-state index is 9.74. The Labute approximate surface area is 41.4 Å². The first-order chi connectivity index (χ1) is 2.64. The van der Waals surface area contributed by atoms with E-state index in [1.54, 1.807) is 0 Å². The maximum Gasteiger partial charge on any atom is 0.191 e. The Bertz CT molecular complexity index is 29.8. The van der Waals surface area contributed by atoms with Crippen LogP contribution in [0.25, 0.3) is 0 Å². The first-order valence-corrected chi connectivity index (χ1v) is 2.06. The van der Waals surface area contributed by atoms with Crippen molar-refractivity contribution in [2.75, 3.05) is 0 Å². The summed E-state index contributed by atoms with van der Waals surface area (Å²) in [6, 6.07) is 0. The van der Waals surface area contributed by atoms with Gasteiger partial charge in [0.2, 0.25) is 0 Å². The molecule has 0 amide bonds. The second kappa shape index (κ2) is 2.39. The van der Waals surface area contributed by atoms with E-state index in [4.69, 9.17) is 16.7 Å². The molecule has 0 aromatic rings. The molecule has 0 rings (SSSR count). The van der Waals surface area contributed by atoms with E-state index >= 15 is 0 Å². The lowest BCUT2D eigenvalue weighted by molar-refractivity contribution is 0.0374. The summed E-state index contributed by atoms with van der Waals surface area (Å²) in [4.78, 5) is 0. The van der Waals surface area contributed by atoms with Crippen LogP contribution in [0.2, 0.25) is 0 Å². The van der Waals surface area contributed by atoms with Gasteiger partial charge in [0.1, 0.15) is 0 Å². The first kappa shape index (κ1) is 6.21. The third-order valence-corrected chi connectivity index (χ3v) is 0.744. The van der Waals surface area contributed by atoms with Gasteiger partial charge in [0, 0.05) is 0 Å². The van der Waals surface area contributed by atoms with Gasteiger partial charge in [-0.15, -0.1) is 0 Å². The molecule has 0 aliphatic rings. The summed E-state index contributed by atoms with van der Waals surface area (Å²) in [5, 5.41) is 17.9. The van der Waals surface area contributed by atoms with E-state index in [0.717, 1.165) is 0 Å². The summed E-state index contributed by atoms with van der Waals surface area (Å²) in [5.74, 6) is 0. The number of alkyl halides is 1. The van der Waals surface area contributed by atoms with Crippen LogP contribution in [0.1, 0.15) is 6.92 Å². The van der Waals surface area contributed by atoms with Crippen LogP contribution in [0.15, 0.2) is 0 Å². The van der Waals surface area contributed by atoms with Gasteiger partial charge in [-0.05, 0) is 6.92 Å². The Morgan fingerprint density at radius 1 is 1.83 bits per heavy atom. The Balaban J connectivity index is 2.99. The van der Waals surface area contributed by atoms with Gasteiger partial charge >= 0.3 is 0 Å². The zero-order valence-electron chi connectivity index (χ0n) is 3.39. The van der Waals surface area contributed by atoms with E-state index in [0.29, 0.717) is 0 Å². The maximum atomic E-state index is 9.74. The van der Waals surface area contributed by atoms with E-state index in [2.05, 4.69) is 0 Å². The fourth-order valence-electron chi connectivity index (χ4n) is 0. The molecule has 1 N–H and O–H groups in total. The van der Waals surface area contributed by atoms with Gasteiger partial charge in [0.05, 0.1) is 6.10 Å². The van der Waals surface area contributed by atoms with Crippen LogP contribution in [0.5, 0.6) is 0 Å². The van der Waals surface area contributed by atoms with Gasteiger partial charge in [0.25, 0.3) is 0 Å².